The van der Waals surface area contributed by atoms with Gasteiger partial charge in [0.05, 0.1) is 12.7 Å². The standard InChI is InChI=1S/C27H33N3O4/c1-19-13-16-29(17-14-19)22-9-7-21(8-10-22)28-25-24(20-5-11-23(34-3)12-6-20)26(31)30(27(25)32)15-4-18-33-2/h5-12,19,28H,4,13-18H2,1-3H3. The Hall–Kier alpha value is -3.32. The molecule has 1 fully saturated rings. The van der Waals surface area contributed by atoms with Crippen molar-refractivity contribution in [2.24, 2.45) is 5.92 Å². The Morgan fingerprint density at radius 2 is 1.62 bits per heavy atom. The van der Waals surface area contributed by atoms with E-state index in [4.69, 9.17) is 9.47 Å². The lowest BCUT2D eigenvalue weighted by Crippen LogP contribution is -2.34. The van der Waals surface area contributed by atoms with Crippen LogP contribution in [0.2, 0.25) is 0 Å². The van der Waals surface area contributed by atoms with Crippen molar-refractivity contribution in [2.75, 3.05) is 50.7 Å². The van der Waals surface area contributed by atoms with E-state index in [0.717, 1.165) is 24.7 Å². The number of piperidine rings is 1. The fourth-order valence-electron chi connectivity index (χ4n) is 4.45. The van der Waals surface area contributed by atoms with E-state index in [1.165, 1.54) is 23.4 Å². The molecule has 2 aromatic carbocycles. The van der Waals surface area contributed by atoms with Crippen LogP contribution < -0.4 is 15.0 Å². The molecule has 1 N–H and O–H groups in total. The molecule has 180 valence electrons. The average molecular weight is 464 g/mol. The summed E-state index contributed by atoms with van der Waals surface area (Å²) in [6, 6.07) is 15.3. The lowest BCUT2D eigenvalue weighted by Gasteiger charge is -2.32. The van der Waals surface area contributed by atoms with Gasteiger partial charge in [0.25, 0.3) is 11.8 Å². The number of imide groups is 1. The maximum Gasteiger partial charge on any atom is 0.278 e. The number of hydrogen-bond acceptors (Lipinski definition) is 6. The molecule has 1 saturated heterocycles. The lowest BCUT2D eigenvalue weighted by molar-refractivity contribution is -0.136. The van der Waals surface area contributed by atoms with Crippen molar-refractivity contribution in [1.82, 2.24) is 4.90 Å². The third-order valence-corrected chi connectivity index (χ3v) is 6.56. The van der Waals surface area contributed by atoms with Crippen molar-refractivity contribution >= 4 is 28.8 Å². The molecule has 2 aromatic rings. The van der Waals surface area contributed by atoms with E-state index < -0.39 is 0 Å². The number of ether oxygens (including phenoxy) is 2. The van der Waals surface area contributed by atoms with Gasteiger partial charge in [-0.25, -0.2) is 0 Å². The van der Waals surface area contributed by atoms with Crippen molar-refractivity contribution in [3.05, 3.63) is 59.8 Å². The molecule has 0 radical (unpaired) electrons. The normalized spacial score (nSPS) is 17.0. The second-order valence-corrected chi connectivity index (χ2v) is 8.93. The van der Waals surface area contributed by atoms with Crippen LogP contribution in [0.3, 0.4) is 0 Å². The topological polar surface area (TPSA) is 71.1 Å². The van der Waals surface area contributed by atoms with Crippen LogP contribution in [-0.4, -0.2) is 57.2 Å². The van der Waals surface area contributed by atoms with Crippen LogP contribution in [0.1, 0.15) is 31.7 Å². The summed E-state index contributed by atoms with van der Waals surface area (Å²) >= 11 is 0. The number of anilines is 2. The number of rotatable bonds is 9. The molecule has 0 bridgehead atoms. The largest absolute Gasteiger partial charge is 0.497 e. The second-order valence-electron chi connectivity index (χ2n) is 8.93. The van der Waals surface area contributed by atoms with Crippen molar-refractivity contribution in [3.63, 3.8) is 0 Å². The third kappa shape index (κ3) is 5.09. The van der Waals surface area contributed by atoms with Crippen molar-refractivity contribution in [3.8, 4) is 5.75 Å². The first kappa shape index (κ1) is 23.8. The summed E-state index contributed by atoms with van der Waals surface area (Å²) in [5.41, 5.74) is 3.30. The van der Waals surface area contributed by atoms with E-state index in [-0.39, 0.29) is 11.8 Å². The zero-order valence-electron chi connectivity index (χ0n) is 20.2. The average Bonchev–Trinajstić information content (AvgIpc) is 3.09. The summed E-state index contributed by atoms with van der Waals surface area (Å²) in [6.07, 6.45) is 2.99. The van der Waals surface area contributed by atoms with Crippen LogP contribution in [0.15, 0.2) is 54.2 Å². The number of nitrogens with zero attached hydrogens (tertiary/aromatic N) is 2. The number of methoxy groups -OCH3 is 2. The summed E-state index contributed by atoms with van der Waals surface area (Å²) < 4.78 is 10.3. The van der Waals surface area contributed by atoms with Crippen molar-refractivity contribution in [2.45, 2.75) is 26.2 Å². The number of benzene rings is 2. The Kier molecular flexibility index (Phi) is 7.53. The molecule has 0 atom stereocenters. The molecule has 2 aliphatic heterocycles. The van der Waals surface area contributed by atoms with Gasteiger partial charge in [0, 0.05) is 44.7 Å². The van der Waals surface area contributed by atoms with Crippen LogP contribution >= 0.6 is 0 Å². The highest BCUT2D eigenvalue weighted by molar-refractivity contribution is 6.36. The number of amides is 2. The maximum absolute atomic E-state index is 13.3. The van der Waals surface area contributed by atoms with Gasteiger partial charge in [0.2, 0.25) is 0 Å². The first-order chi connectivity index (χ1) is 16.5. The highest BCUT2D eigenvalue weighted by Gasteiger charge is 2.38. The quantitative estimate of drug-likeness (QED) is 0.445. The van der Waals surface area contributed by atoms with E-state index >= 15 is 0 Å². The first-order valence-electron chi connectivity index (χ1n) is 11.9. The molecule has 2 aliphatic rings. The molecular formula is C27H33N3O4. The Bertz CT molecular complexity index is 1040. The molecule has 34 heavy (non-hydrogen) atoms. The summed E-state index contributed by atoms with van der Waals surface area (Å²) in [5, 5.41) is 3.24. The molecular weight excluding hydrogens is 430 g/mol. The number of carbonyl (C=O) groups is 2. The van der Waals surface area contributed by atoms with Gasteiger partial charge in [-0.2, -0.15) is 0 Å². The van der Waals surface area contributed by atoms with Gasteiger partial charge in [0.1, 0.15) is 11.4 Å². The zero-order valence-corrected chi connectivity index (χ0v) is 20.2. The molecule has 4 rings (SSSR count). The van der Waals surface area contributed by atoms with Gasteiger partial charge in [-0.1, -0.05) is 19.1 Å². The van der Waals surface area contributed by atoms with Crippen LogP contribution in [-0.2, 0) is 14.3 Å². The molecule has 0 aliphatic carbocycles. The minimum Gasteiger partial charge on any atom is -0.497 e. The van der Waals surface area contributed by atoms with Crippen molar-refractivity contribution in [1.29, 1.82) is 0 Å². The highest BCUT2D eigenvalue weighted by Crippen LogP contribution is 2.32. The smallest absolute Gasteiger partial charge is 0.278 e. The predicted octanol–water partition coefficient (Wildman–Crippen LogP) is 4.16. The minimum atomic E-state index is -0.319. The van der Waals surface area contributed by atoms with Gasteiger partial charge in [0.15, 0.2) is 0 Å². The lowest BCUT2D eigenvalue weighted by atomic mass is 9.99. The molecule has 7 heteroatoms. The van der Waals surface area contributed by atoms with Crippen molar-refractivity contribution < 1.29 is 19.1 Å². The molecule has 0 unspecified atom stereocenters. The minimum absolute atomic E-state index is 0.298. The number of nitrogens with one attached hydrogen (secondary N) is 1. The Balaban J connectivity index is 1.59. The molecule has 0 spiro atoms. The number of hydrogen-bond donors (Lipinski definition) is 1. The van der Waals surface area contributed by atoms with Crippen LogP contribution in [0.4, 0.5) is 11.4 Å². The molecule has 0 aromatic heterocycles. The van der Waals surface area contributed by atoms with Gasteiger partial charge in [-0.05, 0) is 67.1 Å². The van der Waals surface area contributed by atoms with E-state index in [1.807, 2.05) is 12.1 Å². The van der Waals surface area contributed by atoms with Crippen LogP contribution in [0.25, 0.3) is 5.57 Å². The summed E-state index contributed by atoms with van der Waals surface area (Å²) in [6.45, 7) is 5.21. The van der Waals surface area contributed by atoms with Gasteiger partial charge in [-0.15, -0.1) is 0 Å². The zero-order chi connectivity index (χ0) is 24.1. The fourth-order valence-corrected chi connectivity index (χ4v) is 4.45. The molecule has 2 heterocycles. The monoisotopic (exact) mass is 463 g/mol. The van der Waals surface area contributed by atoms with Crippen LogP contribution in [0, 0.1) is 5.92 Å². The summed E-state index contributed by atoms with van der Waals surface area (Å²) in [4.78, 5) is 30.3. The first-order valence-corrected chi connectivity index (χ1v) is 11.9. The van der Waals surface area contributed by atoms with E-state index in [0.29, 0.717) is 42.2 Å². The number of carbonyl (C=O) groups excluding carboxylic acids is 2. The highest BCUT2D eigenvalue weighted by atomic mass is 16.5. The third-order valence-electron chi connectivity index (χ3n) is 6.56. The SMILES string of the molecule is COCCCN1C(=O)C(Nc2ccc(N3CCC(C)CC3)cc2)=C(c2ccc(OC)cc2)C1=O. The fraction of sp³-hybridized carbons (Fsp3) is 0.407. The van der Waals surface area contributed by atoms with Gasteiger partial charge in [-0.3, -0.25) is 14.5 Å². The summed E-state index contributed by atoms with van der Waals surface area (Å²) in [5.74, 6) is 0.849. The second kappa shape index (κ2) is 10.7. The van der Waals surface area contributed by atoms with E-state index in [9.17, 15) is 9.59 Å². The van der Waals surface area contributed by atoms with E-state index in [1.54, 1.807) is 38.5 Å². The Morgan fingerprint density at radius 3 is 2.24 bits per heavy atom. The van der Waals surface area contributed by atoms with Gasteiger partial charge >= 0.3 is 0 Å². The molecule has 2 amide bonds. The summed E-state index contributed by atoms with van der Waals surface area (Å²) in [7, 11) is 3.20. The molecule has 0 saturated carbocycles. The maximum atomic E-state index is 13.3. The Labute approximate surface area is 201 Å². The van der Waals surface area contributed by atoms with Gasteiger partial charge < -0.3 is 19.7 Å². The molecule has 7 nitrogen and oxygen atoms in total. The van der Waals surface area contributed by atoms with Crippen LogP contribution in [0.5, 0.6) is 5.75 Å². The van der Waals surface area contributed by atoms with E-state index in [2.05, 4.69) is 29.3 Å². The predicted molar refractivity (Wildman–Crippen MR) is 134 cm³/mol. The Morgan fingerprint density at radius 1 is 0.941 bits per heavy atom.